The number of aryl methyl sites for hydroxylation is 2. The highest BCUT2D eigenvalue weighted by atomic mass is 16.4. The van der Waals surface area contributed by atoms with E-state index in [0.717, 1.165) is 51.0 Å². The lowest BCUT2D eigenvalue weighted by atomic mass is 9.76. The van der Waals surface area contributed by atoms with E-state index in [4.69, 9.17) is 0 Å². The molecule has 1 unspecified atom stereocenters. The molecule has 1 aliphatic heterocycles. The van der Waals surface area contributed by atoms with E-state index >= 15 is 0 Å². The van der Waals surface area contributed by atoms with Crippen LogP contribution in [0, 0.1) is 12.3 Å². The van der Waals surface area contributed by atoms with Crippen molar-refractivity contribution in [3.8, 4) is 0 Å². The van der Waals surface area contributed by atoms with Crippen molar-refractivity contribution in [3.05, 3.63) is 17.5 Å². The minimum Gasteiger partial charge on any atom is -0.481 e. The first kappa shape index (κ1) is 16.0. The predicted octanol–water partition coefficient (Wildman–Crippen LogP) is 2.68. The zero-order chi connectivity index (χ0) is 15.5. The van der Waals surface area contributed by atoms with Crippen LogP contribution in [-0.4, -0.2) is 38.8 Å². The maximum Gasteiger partial charge on any atom is 0.310 e. The van der Waals surface area contributed by atoms with Gasteiger partial charge in [-0.15, -0.1) is 0 Å². The van der Waals surface area contributed by atoms with Gasteiger partial charge < -0.3 is 5.11 Å². The number of carboxylic acids is 1. The summed E-state index contributed by atoms with van der Waals surface area (Å²) < 4.78 is 2.02. The quantitative estimate of drug-likeness (QED) is 0.876. The van der Waals surface area contributed by atoms with Gasteiger partial charge in [-0.1, -0.05) is 13.3 Å². The summed E-state index contributed by atoms with van der Waals surface area (Å²) >= 11 is 0. The van der Waals surface area contributed by atoms with Crippen LogP contribution in [0.1, 0.15) is 50.9 Å². The van der Waals surface area contributed by atoms with Crippen LogP contribution in [0.5, 0.6) is 0 Å². The predicted molar refractivity (Wildman–Crippen MR) is 82.1 cm³/mol. The van der Waals surface area contributed by atoms with E-state index < -0.39 is 11.4 Å². The molecule has 0 saturated carbocycles. The van der Waals surface area contributed by atoms with Crippen molar-refractivity contribution in [3.63, 3.8) is 0 Å². The fourth-order valence-electron chi connectivity index (χ4n) is 3.56. The minimum atomic E-state index is -0.630. The van der Waals surface area contributed by atoms with Gasteiger partial charge >= 0.3 is 5.97 Å². The Bertz CT molecular complexity index is 494. The molecular formula is C16H27N3O2. The van der Waals surface area contributed by atoms with E-state index in [9.17, 15) is 9.90 Å². The molecule has 0 aromatic carbocycles. The third kappa shape index (κ3) is 3.46. The number of likely N-dealkylation sites (tertiary alicyclic amines) is 1. The summed E-state index contributed by atoms with van der Waals surface area (Å²) in [6.45, 7) is 9.45. The largest absolute Gasteiger partial charge is 0.481 e. The van der Waals surface area contributed by atoms with Crippen LogP contribution in [0.4, 0.5) is 0 Å². The molecule has 5 nitrogen and oxygen atoms in total. The molecule has 118 valence electrons. The molecule has 5 heteroatoms. The van der Waals surface area contributed by atoms with Crippen molar-refractivity contribution >= 4 is 5.97 Å². The summed E-state index contributed by atoms with van der Waals surface area (Å²) in [6.07, 6.45) is 3.46. The first-order valence-electron chi connectivity index (χ1n) is 8.00. The monoisotopic (exact) mass is 293 g/mol. The zero-order valence-electron chi connectivity index (χ0n) is 13.4. The van der Waals surface area contributed by atoms with Crippen LogP contribution in [0.25, 0.3) is 0 Å². The Labute approximate surface area is 126 Å². The Kier molecular flexibility index (Phi) is 5.04. The van der Waals surface area contributed by atoms with Gasteiger partial charge in [0.2, 0.25) is 0 Å². The number of carbonyl (C=O) groups is 1. The van der Waals surface area contributed by atoms with E-state index in [-0.39, 0.29) is 0 Å². The van der Waals surface area contributed by atoms with E-state index in [2.05, 4.69) is 29.9 Å². The molecular weight excluding hydrogens is 266 g/mol. The van der Waals surface area contributed by atoms with Gasteiger partial charge in [0.1, 0.15) is 0 Å². The number of piperidine rings is 1. The van der Waals surface area contributed by atoms with Crippen molar-refractivity contribution in [1.29, 1.82) is 0 Å². The van der Waals surface area contributed by atoms with Crippen molar-refractivity contribution in [1.82, 2.24) is 14.7 Å². The fourth-order valence-corrected chi connectivity index (χ4v) is 3.56. The molecule has 21 heavy (non-hydrogen) atoms. The molecule has 1 aromatic rings. The van der Waals surface area contributed by atoms with Gasteiger partial charge in [0.15, 0.2) is 0 Å². The number of hydrogen-bond donors (Lipinski definition) is 1. The Hall–Kier alpha value is -1.36. The van der Waals surface area contributed by atoms with Crippen molar-refractivity contribution in [2.24, 2.45) is 5.41 Å². The van der Waals surface area contributed by atoms with Gasteiger partial charge in [-0.3, -0.25) is 14.4 Å². The minimum absolute atomic E-state index is 0.556. The Balaban J connectivity index is 2.11. The van der Waals surface area contributed by atoms with Crippen LogP contribution >= 0.6 is 0 Å². The lowest BCUT2D eigenvalue weighted by Gasteiger charge is -2.40. The second-order valence-electron chi connectivity index (χ2n) is 6.24. The maximum absolute atomic E-state index is 11.7. The third-order valence-corrected chi connectivity index (χ3v) is 4.51. The average molecular weight is 293 g/mol. The normalized spacial score (nSPS) is 23.4. The molecule has 1 saturated heterocycles. The maximum atomic E-state index is 11.7. The molecule has 0 spiro atoms. The first-order valence-corrected chi connectivity index (χ1v) is 8.00. The van der Waals surface area contributed by atoms with Gasteiger partial charge in [0.05, 0.1) is 16.8 Å². The molecule has 1 N–H and O–H groups in total. The van der Waals surface area contributed by atoms with Crippen LogP contribution in [0.2, 0.25) is 0 Å². The van der Waals surface area contributed by atoms with Gasteiger partial charge in [-0.05, 0) is 45.7 Å². The first-order chi connectivity index (χ1) is 10.0. The van der Waals surface area contributed by atoms with E-state index in [1.165, 1.54) is 5.69 Å². The zero-order valence-corrected chi connectivity index (χ0v) is 13.4. The summed E-state index contributed by atoms with van der Waals surface area (Å²) in [5.41, 5.74) is 1.66. The topological polar surface area (TPSA) is 58.4 Å². The van der Waals surface area contributed by atoms with Gasteiger partial charge in [0, 0.05) is 19.6 Å². The van der Waals surface area contributed by atoms with Gasteiger partial charge in [0.25, 0.3) is 0 Å². The summed E-state index contributed by atoms with van der Waals surface area (Å²) in [4.78, 5) is 14.0. The highest BCUT2D eigenvalue weighted by Crippen LogP contribution is 2.35. The average Bonchev–Trinajstić information content (AvgIpc) is 2.79. The molecule has 1 aliphatic rings. The fraction of sp³-hybridized carbons (Fsp3) is 0.750. The van der Waals surface area contributed by atoms with Crippen LogP contribution < -0.4 is 0 Å². The Morgan fingerprint density at radius 1 is 1.48 bits per heavy atom. The van der Waals surface area contributed by atoms with Crippen LogP contribution in [0.3, 0.4) is 0 Å². The number of aromatic nitrogens is 2. The molecule has 0 bridgehead atoms. The highest BCUT2D eigenvalue weighted by Gasteiger charge is 2.41. The smallest absolute Gasteiger partial charge is 0.310 e. The molecule has 1 atom stereocenters. The Morgan fingerprint density at radius 2 is 2.24 bits per heavy atom. The van der Waals surface area contributed by atoms with Crippen molar-refractivity contribution in [2.45, 2.75) is 59.5 Å². The summed E-state index contributed by atoms with van der Waals surface area (Å²) in [6, 6.07) is 2.11. The molecule has 0 amide bonds. The Morgan fingerprint density at radius 3 is 2.86 bits per heavy atom. The summed E-state index contributed by atoms with van der Waals surface area (Å²) in [5.74, 6) is -0.630. The summed E-state index contributed by atoms with van der Waals surface area (Å²) in [7, 11) is 0. The highest BCUT2D eigenvalue weighted by molar-refractivity contribution is 5.75. The number of nitrogens with zero attached hydrogens (tertiary/aromatic N) is 3. The van der Waals surface area contributed by atoms with Gasteiger partial charge in [-0.25, -0.2) is 0 Å². The van der Waals surface area contributed by atoms with Crippen LogP contribution in [0.15, 0.2) is 6.07 Å². The van der Waals surface area contributed by atoms with E-state index in [0.29, 0.717) is 6.54 Å². The number of aliphatic carboxylic acids is 1. The van der Waals surface area contributed by atoms with E-state index in [1.54, 1.807) is 0 Å². The summed E-state index contributed by atoms with van der Waals surface area (Å²) in [5, 5.41) is 14.1. The molecule has 0 aliphatic carbocycles. The SMILES string of the molecule is CCCC1(C(=O)O)CCCN(Cc2cc(C)nn2CC)C1. The van der Waals surface area contributed by atoms with E-state index in [1.807, 2.05) is 11.6 Å². The molecule has 2 heterocycles. The molecule has 2 rings (SSSR count). The lowest BCUT2D eigenvalue weighted by Crippen LogP contribution is -2.47. The van der Waals surface area contributed by atoms with Gasteiger partial charge in [-0.2, -0.15) is 5.10 Å². The number of hydrogen-bond acceptors (Lipinski definition) is 3. The van der Waals surface area contributed by atoms with Crippen molar-refractivity contribution < 1.29 is 9.90 Å². The number of carboxylic acid groups (broad SMARTS) is 1. The lowest BCUT2D eigenvalue weighted by molar-refractivity contribution is -0.153. The number of rotatable bonds is 6. The van der Waals surface area contributed by atoms with Crippen molar-refractivity contribution in [2.75, 3.05) is 13.1 Å². The second-order valence-corrected chi connectivity index (χ2v) is 6.24. The second kappa shape index (κ2) is 6.60. The third-order valence-electron chi connectivity index (χ3n) is 4.51. The standard InChI is InChI=1S/C16H27N3O2/c1-4-7-16(15(20)21)8-6-9-18(12-16)11-14-10-13(3)17-19(14)5-2/h10H,4-9,11-12H2,1-3H3,(H,20,21). The molecule has 1 aromatic heterocycles. The molecule has 1 fully saturated rings. The molecule has 0 radical (unpaired) electrons. The van der Waals surface area contributed by atoms with Crippen LogP contribution in [-0.2, 0) is 17.9 Å².